The standard InChI is InChI=1S/C20H15Cl2N5O/c21-14-6-7-16(17(22)8-14)18-9-19(26-25-18)20(28)24-15-10-23-27(12-15)11-13-4-2-1-3-5-13/h1-10,12H,11H2,(H,24,28)(H,25,26). The molecule has 0 atom stereocenters. The van der Waals surface area contributed by atoms with Gasteiger partial charge in [-0.2, -0.15) is 10.2 Å². The maximum absolute atomic E-state index is 12.5. The summed E-state index contributed by atoms with van der Waals surface area (Å²) in [7, 11) is 0. The summed E-state index contributed by atoms with van der Waals surface area (Å²) in [6, 6.07) is 16.7. The molecule has 4 aromatic rings. The van der Waals surface area contributed by atoms with Crippen molar-refractivity contribution in [2.75, 3.05) is 5.32 Å². The maximum Gasteiger partial charge on any atom is 0.273 e. The van der Waals surface area contributed by atoms with Crippen LogP contribution < -0.4 is 5.32 Å². The van der Waals surface area contributed by atoms with Gasteiger partial charge >= 0.3 is 0 Å². The topological polar surface area (TPSA) is 75.6 Å². The van der Waals surface area contributed by atoms with E-state index in [0.29, 0.717) is 39.2 Å². The number of rotatable bonds is 5. The Bertz CT molecular complexity index is 1120. The van der Waals surface area contributed by atoms with Crippen LogP contribution >= 0.6 is 23.2 Å². The molecule has 2 aromatic carbocycles. The van der Waals surface area contributed by atoms with Crippen LogP contribution in [0, 0.1) is 0 Å². The molecule has 0 unspecified atom stereocenters. The number of hydrogen-bond donors (Lipinski definition) is 2. The molecular weight excluding hydrogens is 397 g/mol. The summed E-state index contributed by atoms with van der Waals surface area (Å²) in [5, 5.41) is 15.0. The normalized spacial score (nSPS) is 10.8. The lowest BCUT2D eigenvalue weighted by atomic mass is 10.1. The van der Waals surface area contributed by atoms with E-state index in [2.05, 4.69) is 20.6 Å². The molecule has 2 N–H and O–H groups in total. The molecule has 1 amide bonds. The minimum atomic E-state index is -0.317. The number of carbonyl (C=O) groups is 1. The van der Waals surface area contributed by atoms with Crippen LogP contribution in [-0.2, 0) is 6.54 Å². The lowest BCUT2D eigenvalue weighted by Crippen LogP contribution is -2.11. The Labute approximate surface area is 171 Å². The second kappa shape index (κ2) is 7.88. The third-order valence-electron chi connectivity index (χ3n) is 4.11. The Balaban J connectivity index is 1.45. The molecule has 2 aromatic heterocycles. The van der Waals surface area contributed by atoms with Crippen molar-refractivity contribution in [2.45, 2.75) is 6.54 Å². The highest BCUT2D eigenvalue weighted by molar-refractivity contribution is 6.36. The molecule has 0 aliphatic heterocycles. The fourth-order valence-corrected chi connectivity index (χ4v) is 3.26. The predicted molar refractivity (Wildman–Crippen MR) is 110 cm³/mol. The van der Waals surface area contributed by atoms with Crippen LogP contribution in [0.25, 0.3) is 11.3 Å². The Hall–Kier alpha value is -3.09. The van der Waals surface area contributed by atoms with E-state index in [-0.39, 0.29) is 5.91 Å². The Morgan fingerprint density at radius 3 is 2.71 bits per heavy atom. The monoisotopic (exact) mass is 411 g/mol. The van der Waals surface area contributed by atoms with E-state index in [1.807, 2.05) is 30.3 Å². The minimum absolute atomic E-state index is 0.317. The third-order valence-corrected chi connectivity index (χ3v) is 4.66. The van der Waals surface area contributed by atoms with Crippen molar-refractivity contribution in [3.05, 3.63) is 88.3 Å². The highest BCUT2D eigenvalue weighted by Crippen LogP contribution is 2.29. The summed E-state index contributed by atoms with van der Waals surface area (Å²) in [5.41, 5.74) is 3.29. The zero-order chi connectivity index (χ0) is 19.5. The number of halogens is 2. The summed E-state index contributed by atoms with van der Waals surface area (Å²) in [4.78, 5) is 12.5. The summed E-state index contributed by atoms with van der Waals surface area (Å²) >= 11 is 12.1. The molecule has 4 rings (SSSR count). The number of anilines is 1. The van der Waals surface area contributed by atoms with Crippen LogP contribution in [0.4, 0.5) is 5.69 Å². The Morgan fingerprint density at radius 1 is 1.11 bits per heavy atom. The van der Waals surface area contributed by atoms with Gasteiger partial charge in [-0.3, -0.25) is 14.6 Å². The number of nitrogens with zero attached hydrogens (tertiary/aromatic N) is 3. The van der Waals surface area contributed by atoms with Crippen LogP contribution in [0.5, 0.6) is 0 Å². The SMILES string of the molecule is O=C(Nc1cnn(Cc2ccccc2)c1)c1cc(-c2ccc(Cl)cc2Cl)n[nH]1. The van der Waals surface area contributed by atoms with Gasteiger partial charge in [-0.05, 0) is 29.8 Å². The molecule has 140 valence electrons. The van der Waals surface area contributed by atoms with Gasteiger partial charge in [0, 0.05) is 16.8 Å². The molecule has 0 aliphatic carbocycles. The zero-order valence-electron chi connectivity index (χ0n) is 14.6. The van der Waals surface area contributed by atoms with Crippen molar-refractivity contribution in [3.8, 4) is 11.3 Å². The number of benzene rings is 2. The minimum Gasteiger partial charge on any atom is -0.318 e. The molecular formula is C20H15Cl2N5O. The first-order valence-electron chi connectivity index (χ1n) is 8.47. The van der Waals surface area contributed by atoms with E-state index in [4.69, 9.17) is 23.2 Å². The fraction of sp³-hybridized carbons (Fsp3) is 0.0500. The maximum atomic E-state index is 12.5. The van der Waals surface area contributed by atoms with Crippen LogP contribution in [0.3, 0.4) is 0 Å². The van der Waals surface area contributed by atoms with Gasteiger partial charge in [0.05, 0.1) is 29.1 Å². The first kappa shape index (κ1) is 18.3. The first-order valence-corrected chi connectivity index (χ1v) is 9.22. The summed E-state index contributed by atoms with van der Waals surface area (Å²) < 4.78 is 1.76. The van der Waals surface area contributed by atoms with Gasteiger partial charge in [-0.25, -0.2) is 0 Å². The van der Waals surface area contributed by atoms with Crippen molar-refractivity contribution < 1.29 is 4.79 Å². The summed E-state index contributed by atoms with van der Waals surface area (Å²) in [6.45, 7) is 0.625. The van der Waals surface area contributed by atoms with E-state index >= 15 is 0 Å². The number of aromatic nitrogens is 4. The van der Waals surface area contributed by atoms with Gasteiger partial charge in [0.2, 0.25) is 0 Å². The Kier molecular flexibility index (Phi) is 5.14. The van der Waals surface area contributed by atoms with Crippen LogP contribution in [-0.4, -0.2) is 25.9 Å². The lowest BCUT2D eigenvalue weighted by molar-refractivity contribution is 0.102. The molecule has 0 saturated heterocycles. The average Bonchev–Trinajstić information content (AvgIpc) is 3.32. The number of carbonyl (C=O) groups excluding carboxylic acids is 1. The highest BCUT2D eigenvalue weighted by atomic mass is 35.5. The molecule has 8 heteroatoms. The van der Waals surface area contributed by atoms with E-state index < -0.39 is 0 Å². The summed E-state index contributed by atoms with van der Waals surface area (Å²) in [6.07, 6.45) is 3.38. The van der Waals surface area contributed by atoms with E-state index in [1.165, 1.54) is 0 Å². The lowest BCUT2D eigenvalue weighted by Gasteiger charge is -2.01. The van der Waals surface area contributed by atoms with Crippen molar-refractivity contribution >= 4 is 34.8 Å². The van der Waals surface area contributed by atoms with Gasteiger partial charge in [-0.15, -0.1) is 0 Å². The van der Waals surface area contributed by atoms with E-state index in [1.54, 1.807) is 41.3 Å². The molecule has 0 spiro atoms. The smallest absolute Gasteiger partial charge is 0.273 e. The van der Waals surface area contributed by atoms with Crippen LogP contribution in [0.1, 0.15) is 16.1 Å². The van der Waals surface area contributed by atoms with Crippen molar-refractivity contribution in [1.82, 2.24) is 20.0 Å². The van der Waals surface area contributed by atoms with Gasteiger partial charge in [0.15, 0.2) is 0 Å². The molecule has 2 heterocycles. The second-order valence-corrected chi connectivity index (χ2v) is 7.00. The molecule has 28 heavy (non-hydrogen) atoms. The number of aromatic amines is 1. The van der Waals surface area contributed by atoms with Crippen LogP contribution in [0.15, 0.2) is 67.0 Å². The van der Waals surface area contributed by atoms with Gasteiger partial charge < -0.3 is 5.32 Å². The van der Waals surface area contributed by atoms with Gasteiger partial charge in [-0.1, -0.05) is 53.5 Å². The highest BCUT2D eigenvalue weighted by Gasteiger charge is 2.14. The van der Waals surface area contributed by atoms with E-state index in [0.717, 1.165) is 5.56 Å². The van der Waals surface area contributed by atoms with Crippen molar-refractivity contribution in [3.63, 3.8) is 0 Å². The molecule has 6 nitrogen and oxygen atoms in total. The molecule has 0 radical (unpaired) electrons. The van der Waals surface area contributed by atoms with E-state index in [9.17, 15) is 4.79 Å². The number of H-pyrrole nitrogens is 1. The van der Waals surface area contributed by atoms with Gasteiger partial charge in [0.1, 0.15) is 5.69 Å². The van der Waals surface area contributed by atoms with Crippen molar-refractivity contribution in [2.24, 2.45) is 0 Å². The van der Waals surface area contributed by atoms with Gasteiger partial charge in [0.25, 0.3) is 5.91 Å². The number of hydrogen-bond acceptors (Lipinski definition) is 3. The second-order valence-electron chi connectivity index (χ2n) is 6.16. The Morgan fingerprint density at radius 2 is 1.93 bits per heavy atom. The van der Waals surface area contributed by atoms with Crippen molar-refractivity contribution in [1.29, 1.82) is 0 Å². The largest absolute Gasteiger partial charge is 0.318 e. The fourth-order valence-electron chi connectivity index (χ4n) is 2.76. The molecule has 0 saturated carbocycles. The van der Waals surface area contributed by atoms with Crippen LogP contribution in [0.2, 0.25) is 10.0 Å². The average molecular weight is 412 g/mol. The zero-order valence-corrected chi connectivity index (χ0v) is 16.1. The molecule has 0 fully saturated rings. The molecule has 0 aliphatic rings. The number of amides is 1. The predicted octanol–water partition coefficient (Wildman–Crippen LogP) is 4.88. The molecule has 0 bridgehead atoms. The number of nitrogens with one attached hydrogen (secondary N) is 2. The quantitative estimate of drug-likeness (QED) is 0.491. The third kappa shape index (κ3) is 4.08. The first-order chi connectivity index (χ1) is 13.6. The summed E-state index contributed by atoms with van der Waals surface area (Å²) in [5.74, 6) is -0.317.